The smallest absolute Gasteiger partial charge is 0.338 e. The quantitative estimate of drug-likeness (QED) is 0.626. The molecule has 0 saturated carbocycles. The molecule has 3 rings (SSSR count). The van der Waals surface area contributed by atoms with Gasteiger partial charge in [0.1, 0.15) is 5.82 Å². The van der Waals surface area contributed by atoms with Crippen molar-refractivity contribution in [3.8, 4) is 0 Å². The van der Waals surface area contributed by atoms with E-state index in [9.17, 15) is 26.0 Å². The van der Waals surface area contributed by atoms with Crippen molar-refractivity contribution in [1.29, 1.82) is 0 Å². The summed E-state index contributed by atoms with van der Waals surface area (Å²) in [6, 6.07) is 12.2. The Balaban J connectivity index is 2.00. The molecular weight excluding hydrogens is 411 g/mol. The van der Waals surface area contributed by atoms with Crippen molar-refractivity contribution in [3.63, 3.8) is 0 Å². The van der Waals surface area contributed by atoms with Gasteiger partial charge in [-0.3, -0.25) is 4.72 Å². The fourth-order valence-electron chi connectivity index (χ4n) is 2.42. The molecule has 2 aromatic carbocycles. The predicted octanol–water partition coefficient (Wildman–Crippen LogP) is 2.36. The second kappa shape index (κ2) is 7.09. The highest BCUT2D eigenvalue weighted by atomic mass is 32.2. The molecule has 0 aliphatic carbocycles. The normalized spacial score (nSPS) is 11.9. The Hall–Kier alpha value is -3.18. The number of aromatic nitrogens is 1. The minimum absolute atomic E-state index is 0.112. The maximum Gasteiger partial charge on any atom is 0.338 e. The second-order valence-electron chi connectivity index (χ2n) is 5.57. The molecule has 0 atom stereocenters. The van der Waals surface area contributed by atoms with E-state index < -0.39 is 42.4 Å². The second-order valence-corrected chi connectivity index (χ2v) is 9.01. The first-order valence-electron chi connectivity index (χ1n) is 7.66. The van der Waals surface area contributed by atoms with Crippen LogP contribution in [0.3, 0.4) is 0 Å². The maximum absolute atomic E-state index is 13.8. The van der Waals surface area contributed by atoms with Gasteiger partial charge in [0.2, 0.25) is 0 Å². The minimum atomic E-state index is -4.42. The third kappa shape index (κ3) is 3.62. The van der Waals surface area contributed by atoms with Gasteiger partial charge in [0.25, 0.3) is 20.0 Å². The van der Waals surface area contributed by atoms with Crippen molar-refractivity contribution in [2.24, 2.45) is 0 Å². The van der Waals surface area contributed by atoms with Gasteiger partial charge in [0, 0.05) is 6.20 Å². The van der Waals surface area contributed by atoms with Gasteiger partial charge in [-0.25, -0.2) is 21.6 Å². The summed E-state index contributed by atoms with van der Waals surface area (Å²) in [7, 11) is -8.60. The number of anilines is 1. The molecule has 0 saturated heterocycles. The van der Waals surface area contributed by atoms with Crippen LogP contribution >= 0.6 is 0 Å². The van der Waals surface area contributed by atoms with Crippen LogP contribution in [0.4, 0.5) is 10.1 Å². The van der Waals surface area contributed by atoms with Crippen molar-refractivity contribution in [1.82, 2.24) is 3.97 Å². The van der Waals surface area contributed by atoms with Crippen LogP contribution in [0.25, 0.3) is 0 Å². The van der Waals surface area contributed by atoms with Crippen molar-refractivity contribution >= 4 is 31.7 Å². The Morgan fingerprint density at radius 3 is 2.25 bits per heavy atom. The first kappa shape index (κ1) is 19.6. The molecule has 0 aliphatic rings. The molecule has 28 heavy (non-hydrogen) atoms. The highest BCUT2D eigenvalue weighted by Crippen LogP contribution is 2.23. The zero-order valence-corrected chi connectivity index (χ0v) is 15.6. The van der Waals surface area contributed by atoms with Gasteiger partial charge in [-0.2, -0.15) is 8.42 Å². The topological polar surface area (TPSA) is 123 Å². The molecular formula is C17H13FN2O6S2. The zero-order valence-electron chi connectivity index (χ0n) is 14.0. The van der Waals surface area contributed by atoms with E-state index in [4.69, 9.17) is 5.11 Å². The molecule has 1 heterocycles. The summed E-state index contributed by atoms with van der Waals surface area (Å²) in [5.74, 6) is -2.64. The van der Waals surface area contributed by atoms with E-state index in [-0.39, 0.29) is 10.6 Å². The monoisotopic (exact) mass is 424 g/mol. The van der Waals surface area contributed by atoms with E-state index in [1.165, 1.54) is 30.3 Å². The first-order valence-corrected chi connectivity index (χ1v) is 10.6. The summed E-state index contributed by atoms with van der Waals surface area (Å²) >= 11 is 0. The van der Waals surface area contributed by atoms with Gasteiger partial charge in [-0.1, -0.05) is 18.2 Å². The minimum Gasteiger partial charge on any atom is -0.478 e. The number of hydrogen-bond donors (Lipinski definition) is 2. The first-order chi connectivity index (χ1) is 13.1. The molecule has 0 fully saturated rings. The molecule has 2 N–H and O–H groups in total. The summed E-state index contributed by atoms with van der Waals surface area (Å²) in [5, 5.41) is 8.24. The number of nitrogens with one attached hydrogen (secondary N) is 1. The molecule has 11 heteroatoms. The summed E-state index contributed by atoms with van der Waals surface area (Å²) in [6.45, 7) is 0. The van der Waals surface area contributed by atoms with Gasteiger partial charge < -0.3 is 5.11 Å². The summed E-state index contributed by atoms with van der Waals surface area (Å²) in [4.78, 5) is 10.7. The van der Waals surface area contributed by atoms with Gasteiger partial charge in [0.05, 0.1) is 16.1 Å². The van der Waals surface area contributed by atoms with Crippen LogP contribution in [-0.4, -0.2) is 31.9 Å². The SMILES string of the molecule is O=C(O)c1ccc(NS(=O)(=O)c2cccn2S(=O)(=O)c2ccccc2)cc1F. The van der Waals surface area contributed by atoms with Gasteiger partial charge in [-0.05, 0) is 42.5 Å². The highest BCUT2D eigenvalue weighted by Gasteiger charge is 2.27. The lowest BCUT2D eigenvalue weighted by molar-refractivity contribution is 0.0692. The summed E-state index contributed by atoms with van der Waals surface area (Å²) in [5.41, 5.74) is -0.884. The fraction of sp³-hybridized carbons (Fsp3) is 0. The Morgan fingerprint density at radius 1 is 0.964 bits per heavy atom. The third-order valence-corrected chi connectivity index (χ3v) is 6.91. The van der Waals surface area contributed by atoms with Gasteiger partial charge in [-0.15, -0.1) is 0 Å². The van der Waals surface area contributed by atoms with Crippen LogP contribution in [0.5, 0.6) is 0 Å². The molecule has 0 unspecified atom stereocenters. The summed E-state index contributed by atoms with van der Waals surface area (Å²) in [6.07, 6.45) is 1.07. The molecule has 0 radical (unpaired) electrons. The Bertz CT molecular complexity index is 1250. The van der Waals surface area contributed by atoms with Crippen LogP contribution in [-0.2, 0) is 20.0 Å². The number of carbonyl (C=O) groups is 1. The zero-order chi connectivity index (χ0) is 20.5. The van der Waals surface area contributed by atoms with Crippen molar-refractivity contribution in [2.75, 3.05) is 4.72 Å². The third-order valence-electron chi connectivity index (χ3n) is 3.70. The Labute approximate surface area is 160 Å². The number of carboxylic acid groups (broad SMARTS) is 1. The Kier molecular flexibility index (Phi) is 4.96. The molecule has 0 bridgehead atoms. The van der Waals surface area contributed by atoms with E-state index in [1.54, 1.807) is 6.07 Å². The number of rotatable bonds is 6. The lowest BCUT2D eigenvalue weighted by Gasteiger charge is -2.13. The molecule has 0 amide bonds. The van der Waals surface area contributed by atoms with Crippen LogP contribution < -0.4 is 4.72 Å². The molecule has 8 nitrogen and oxygen atoms in total. The van der Waals surface area contributed by atoms with E-state index in [2.05, 4.69) is 0 Å². The number of sulfonamides is 1. The van der Waals surface area contributed by atoms with Gasteiger partial charge >= 0.3 is 5.97 Å². The molecule has 3 aromatic rings. The lowest BCUT2D eigenvalue weighted by atomic mass is 10.2. The number of carboxylic acids is 1. The van der Waals surface area contributed by atoms with E-state index in [0.717, 1.165) is 24.4 Å². The average Bonchev–Trinajstić information content (AvgIpc) is 3.13. The molecule has 1 aromatic heterocycles. The number of hydrogen-bond acceptors (Lipinski definition) is 5. The van der Waals surface area contributed by atoms with Crippen molar-refractivity contribution in [3.05, 3.63) is 78.2 Å². The summed E-state index contributed by atoms with van der Waals surface area (Å²) < 4.78 is 67.2. The van der Waals surface area contributed by atoms with E-state index in [0.29, 0.717) is 10.0 Å². The maximum atomic E-state index is 13.8. The van der Waals surface area contributed by atoms with Gasteiger partial charge in [0.15, 0.2) is 5.03 Å². The largest absolute Gasteiger partial charge is 0.478 e. The molecule has 146 valence electrons. The van der Waals surface area contributed by atoms with Crippen molar-refractivity contribution in [2.45, 2.75) is 9.92 Å². The number of aromatic carboxylic acids is 1. The average molecular weight is 424 g/mol. The van der Waals surface area contributed by atoms with Crippen LogP contribution in [0, 0.1) is 5.82 Å². The number of benzene rings is 2. The van der Waals surface area contributed by atoms with Crippen molar-refractivity contribution < 1.29 is 31.1 Å². The molecule has 0 aliphatic heterocycles. The van der Waals surface area contributed by atoms with E-state index >= 15 is 0 Å². The van der Waals surface area contributed by atoms with E-state index in [1.807, 2.05) is 4.72 Å². The number of nitrogens with zero attached hydrogens (tertiary/aromatic N) is 1. The lowest BCUT2D eigenvalue weighted by Crippen LogP contribution is -2.22. The predicted molar refractivity (Wildman–Crippen MR) is 97.6 cm³/mol. The standard InChI is InChI=1S/C17H13FN2O6S2/c18-15-11-12(8-9-14(15)17(21)22)19-27(23,24)16-7-4-10-20(16)28(25,26)13-5-2-1-3-6-13/h1-11,19H,(H,21,22). The molecule has 0 spiro atoms. The van der Waals surface area contributed by atoms with Crippen LogP contribution in [0.2, 0.25) is 0 Å². The fourth-order valence-corrected chi connectivity index (χ4v) is 5.37. The number of halogens is 1. The van der Waals surface area contributed by atoms with Crippen LogP contribution in [0.1, 0.15) is 10.4 Å². The van der Waals surface area contributed by atoms with Crippen LogP contribution in [0.15, 0.2) is 76.8 Å². The Morgan fingerprint density at radius 2 is 1.64 bits per heavy atom. The highest BCUT2D eigenvalue weighted by molar-refractivity contribution is 7.94.